The van der Waals surface area contributed by atoms with E-state index in [2.05, 4.69) is 20.8 Å². The SMILES string of the molecule is COc1ccc(C(=O)N[C@@H](c2nnc(SCC(=O)Nc3cc(Cl)cc(Cl)c3)n2C)C(C)C)cc1. The molecule has 0 fully saturated rings. The fourth-order valence-electron chi connectivity index (χ4n) is 3.17. The number of carbonyl (C=O) groups excluding carboxylic acids is 2. The lowest BCUT2D eigenvalue weighted by Gasteiger charge is -2.21. The number of carbonyl (C=O) groups is 2. The van der Waals surface area contributed by atoms with Gasteiger partial charge < -0.3 is 19.9 Å². The van der Waals surface area contributed by atoms with Crippen LogP contribution in [-0.2, 0) is 11.8 Å². The van der Waals surface area contributed by atoms with Gasteiger partial charge >= 0.3 is 0 Å². The molecule has 1 aromatic heterocycles. The van der Waals surface area contributed by atoms with Crippen LogP contribution in [0.25, 0.3) is 0 Å². The lowest BCUT2D eigenvalue weighted by atomic mass is 10.0. The van der Waals surface area contributed by atoms with Gasteiger partial charge in [0.15, 0.2) is 11.0 Å². The molecule has 0 radical (unpaired) electrons. The van der Waals surface area contributed by atoms with Gasteiger partial charge in [0.2, 0.25) is 5.91 Å². The van der Waals surface area contributed by atoms with Crippen LogP contribution in [-0.4, -0.2) is 39.4 Å². The van der Waals surface area contributed by atoms with Crippen molar-refractivity contribution in [2.24, 2.45) is 13.0 Å². The molecule has 34 heavy (non-hydrogen) atoms. The second-order valence-corrected chi connectivity index (χ2v) is 9.63. The topological polar surface area (TPSA) is 98.1 Å². The van der Waals surface area contributed by atoms with Crippen molar-refractivity contribution in [1.29, 1.82) is 0 Å². The first-order valence-electron chi connectivity index (χ1n) is 10.4. The Morgan fingerprint density at radius 3 is 2.32 bits per heavy atom. The van der Waals surface area contributed by atoms with Crippen molar-refractivity contribution in [1.82, 2.24) is 20.1 Å². The van der Waals surface area contributed by atoms with E-state index in [1.807, 2.05) is 13.8 Å². The van der Waals surface area contributed by atoms with Crippen LogP contribution >= 0.6 is 35.0 Å². The lowest BCUT2D eigenvalue weighted by Crippen LogP contribution is -2.33. The maximum atomic E-state index is 12.8. The Labute approximate surface area is 212 Å². The molecule has 11 heteroatoms. The van der Waals surface area contributed by atoms with Gasteiger partial charge in [0, 0.05) is 28.3 Å². The first-order valence-corrected chi connectivity index (χ1v) is 12.1. The van der Waals surface area contributed by atoms with E-state index in [-0.39, 0.29) is 29.5 Å². The Morgan fingerprint density at radius 2 is 1.74 bits per heavy atom. The van der Waals surface area contributed by atoms with E-state index in [0.29, 0.717) is 38.0 Å². The molecule has 0 aliphatic heterocycles. The van der Waals surface area contributed by atoms with E-state index >= 15 is 0 Å². The van der Waals surface area contributed by atoms with Gasteiger partial charge in [0.1, 0.15) is 5.75 Å². The molecule has 0 unspecified atom stereocenters. The number of anilines is 1. The van der Waals surface area contributed by atoms with Gasteiger partial charge in [0.25, 0.3) is 5.91 Å². The van der Waals surface area contributed by atoms with Crippen LogP contribution in [0.15, 0.2) is 47.6 Å². The Hall–Kier alpha value is -2.75. The van der Waals surface area contributed by atoms with Crippen molar-refractivity contribution in [2.45, 2.75) is 25.0 Å². The quantitative estimate of drug-likeness (QED) is 0.385. The minimum Gasteiger partial charge on any atom is -0.497 e. The fraction of sp³-hybridized carbons (Fsp3) is 0.304. The van der Waals surface area contributed by atoms with Gasteiger partial charge in [-0.25, -0.2) is 0 Å². The summed E-state index contributed by atoms with van der Waals surface area (Å²) in [6.45, 7) is 3.98. The monoisotopic (exact) mass is 521 g/mol. The van der Waals surface area contributed by atoms with Crippen LogP contribution < -0.4 is 15.4 Å². The third-order valence-electron chi connectivity index (χ3n) is 4.93. The predicted octanol–water partition coefficient (Wildman–Crippen LogP) is 4.99. The second kappa shape index (κ2) is 11.6. The molecule has 0 saturated heterocycles. The first kappa shape index (κ1) is 25.9. The van der Waals surface area contributed by atoms with Gasteiger partial charge in [-0.2, -0.15) is 0 Å². The Kier molecular flexibility index (Phi) is 8.82. The number of rotatable bonds is 9. The highest BCUT2D eigenvalue weighted by molar-refractivity contribution is 7.99. The van der Waals surface area contributed by atoms with E-state index in [1.165, 1.54) is 11.8 Å². The normalized spacial score (nSPS) is 11.9. The number of nitrogens with one attached hydrogen (secondary N) is 2. The molecule has 1 heterocycles. The van der Waals surface area contributed by atoms with Crippen LogP contribution in [0.3, 0.4) is 0 Å². The molecule has 1 atom stereocenters. The van der Waals surface area contributed by atoms with Crippen molar-refractivity contribution in [2.75, 3.05) is 18.2 Å². The first-order chi connectivity index (χ1) is 16.2. The third-order valence-corrected chi connectivity index (χ3v) is 6.39. The van der Waals surface area contributed by atoms with Crippen molar-refractivity contribution < 1.29 is 14.3 Å². The molecular weight excluding hydrogens is 497 g/mol. The van der Waals surface area contributed by atoms with Crippen molar-refractivity contribution in [3.05, 3.63) is 63.9 Å². The standard InChI is InChI=1S/C23H25Cl2N5O3S/c1-13(2)20(27-22(32)14-5-7-18(33-4)8-6-14)21-28-29-23(30(21)3)34-12-19(31)26-17-10-15(24)9-16(25)11-17/h5-11,13,20H,12H2,1-4H3,(H,26,31)(H,27,32)/t20-/m1/s1. The van der Waals surface area contributed by atoms with Crippen LogP contribution in [0.1, 0.15) is 36.1 Å². The zero-order valence-corrected chi connectivity index (χ0v) is 21.5. The number of hydrogen-bond acceptors (Lipinski definition) is 6. The van der Waals surface area contributed by atoms with Crippen molar-refractivity contribution >= 4 is 52.5 Å². The number of ether oxygens (including phenoxy) is 1. The number of thioether (sulfide) groups is 1. The maximum absolute atomic E-state index is 12.8. The van der Waals surface area contributed by atoms with E-state index in [4.69, 9.17) is 27.9 Å². The molecule has 8 nitrogen and oxygen atoms in total. The summed E-state index contributed by atoms with van der Waals surface area (Å²) in [7, 11) is 3.38. The van der Waals surface area contributed by atoms with Crippen molar-refractivity contribution in [3.63, 3.8) is 0 Å². The van der Waals surface area contributed by atoms with Gasteiger partial charge in [-0.3, -0.25) is 9.59 Å². The number of aromatic nitrogens is 3. The summed E-state index contributed by atoms with van der Waals surface area (Å²) in [5.74, 6) is 0.981. The van der Waals surface area contributed by atoms with E-state index in [1.54, 1.807) is 61.2 Å². The van der Waals surface area contributed by atoms with Gasteiger partial charge in [-0.15, -0.1) is 10.2 Å². The lowest BCUT2D eigenvalue weighted by molar-refractivity contribution is -0.113. The number of benzene rings is 2. The minimum atomic E-state index is -0.371. The summed E-state index contributed by atoms with van der Waals surface area (Å²) in [5.41, 5.74) is 1.03. The molecule has 0 spiro atoms. The summed E-state index contributed by atoms with van der Waals surface area (Å²) in [6, 6.07) is 11.3. The molecule has 3 rings (SSSR count). The number of methoxy groups -OCH3 is 1. The highest BCUT2D eigenvalue weighted by Crippen LogP contribution is 2.26. The van der Waals surface area contributed by atoms with Crippen LogP contribution in [0, 0.1) is 5.92 Å². The number of hydrogen-bond donors (Lipinski definition) is 2. The van der Waals surface area contributed by atoms with Gasteiger partial charge in [-0.1, -0.05) is 48.8 Å². The molecule has 3 aromatic rings. The zero-order chi connectivity index (χ0) is 24.8. The molecule has 0 aliphatic carbocycles. The molecule has 0 bridgehead atoms. The zero-order valence-electron chi connectivity index (χ0n) is 19.1. The second-order valence-electron chi connectivity index (χ2n) is 7.82. The number of halogens is 2. The molecule has 2 aromatic carbocycles. The largest absolute Gasteiger partial charge is 0.497 e. The summed E-state index contributed by atoms with van der Waals surface area (Å²) >= 11 is 13.2. The Balaban J connectivity index is 1.66. The van der Waals surface area contributed by atoms with Gasteiger partial charge in [-0.05, 0) is 48.4 Å². The van der Waals surface area contributed by atoms with Crippen LogP contribution in [0.2, 0.25) is 10.0 Å². The molecular formula is C23H25Cl2N5O3S. The summed E-state index contributed by atoms with van der Waals surface area (Å²) in [6.07, 6.45) is 0. The Bertz CT molecular complexity index is 1150. The summed E-state index contributed by atoms with van der Waals surface area (Å²) in [5, 5.41) is 15.7. The number of nitrogens with zero attached hydrogens (tertiary/aromatic N) is 3. The maximum Gasteiger partial charge on any atom is 0.251 e. The highest BCUT2D eigenvalue weighted by atomic mass is 35.5. The average Bonchev–Trinajstić information content (AvgIpc) is 3.15. The van der Waals surface area contributed by atoms with Gasteiger partial charge in [0.05, 0.1) is 18.9 Å². The highest BCUT2D eigenvalue weighted by Gasteiger charge is 2.25. The van der Waals surface area contributed by atoms with E-state index in [9.17, 15) is 9.59 Å². The summed E-state index contributed by atoms with van der Waals surface area (Å²) < 4.78 is 6.93. The molecule has 0 saturated carbocycles. The molecule has 0 aliphatic rings. The number of amides is 2. The van der Waals surface area contributed by atoms with Crippen LogP contribution in [0.5, 0.6) is 5.75 Å². The molecule has 180 valence electrons. The summed E-state index contributed by atoms with van der Waals surface area (Å²) in [4.78, 5) is 25.2. The predicted molar refractivity (Wildman–Crippen MR) is 135 cm³/mol. The molecule has 2 amide bonds. The van der Waals surface area contributed by atoms with Crippen LogP contribution in [0.4, 0.5) is 5.69 Å². The fourth-order valence-corrected chi connectivity index (χ4v) is 4.42. The average molecular weight is 522 g/mol. The van der Waals surface area contributed by atoms with E-state index < -0.39 is 0 Å². The van der Waals surface area contributed by atoms with Crippen molar-refractivity contribution in [3.8, 4) is 5.75 Å². The smallest absolute Gasteiger partial charge is 0.251 e. The Morgan fingerprint density at radius 1 is 1.09 bits per heavy atom. The minimum absolute atomic E-state index is 0.0545. The third kappa shape index (κ3) is 6.65. The molecule has 2 N–H and O–H groups in total. The van der Waals surface area contributed by atoms with E-state index in [0.717, 1.165) is 0 Å².